The molecule has 4 saturated carbocycles. The normalized spacial score (nSPS) is 34.9. The van der Waals surface area contributed by atoms with Gasteiger partial charge in [-0.2, -0.15) is 0 Å². The van der Waals surface area contributed by atoms with Gasteiger partial charge in [0.25, 0.3) is 0 Å². The van der Waals surface area contributed by atoms with Crippen molar-refractivity contribution in [3.8, 4) is 0 Å². The Hall–Kier alpha value is -1.27. The van der Waals surface area contributed by atoms with E-state index in [9.17, 15) is 9.59 Å². The minimum Gasteiger partial charge on any atom is -0.368 e. The second-order valence-electron chi connectivity index (χ2n) is 9.92. The first-order valence-corrected chi connectivity index (χ1v) is 12.3. The second kappa shape index (κ2) is 7.70. The predicted molar refractivity (Wildman–Crippen MR) is 122 cm³/mol. The summed E-state index contributed by atoms with van der Waals surface area (Å²) in [5.74, 6) is 1.44. The lowest BCUT2D eigenvalue weighted by Gasteiger charge is -2.59. The number of alkyl halides is 1. The zero-order valence-electron chi connectivity index (χ0n) is 17.2. The van der Waals surface area contributed by atoms with Crippen LogP contribution in [-0.2, 0) is 9.59 Å². The molecule has 1 saturated heterocycles. The summed E-state index contributed by atoms with van der Waals surface area (Å²) in [7, 11) is 0. The molecular formula is C23H29BrClN3O2. The van der Waals surface area contributed by atoms with Gasteiger partial charge in [0, 0.05) is 41.2 Å². The van der Waals surface area contributed by atoms with Gasteiger partial charge in [0.2, 0.25) is 11.8 Å². The van der Waals surface area contributed by atoms with Crippen LogP contribution in [0.2, 0.25) is 5.02 Å². The Labute approximate surface area is 191 Å². The maximum atomic E-state index is 13.2. The molecule has 4 aliphatic carbocycles. The van der Waals surface area contributed by atoms with Crippen molar-refractivity contribution in [2.75, 3.05) is 37.6 Å². The number of amides is 2. The van der Waals surface area contributed by atoms with E-state index in [-0.39, 0.29) is 28.1 Å². The molecule has 162 valence electrons. The second-order valence-corrected chi connectivity index (χ2v) is 12.0. The molecule has 1 aliphatic heterocycles. The van der Waals surface area contributed by atoms with Crippen molar-refractivity contribution in [2.45, 2.75) is 42.8 Å². The van der Waals surface area contributed by atoms with Crippen molar-refractivity contribution >= 4 is 45.0 Å². The van der Waals surface area contributed by atoms with Crippen LogP contribution in [0.25, 0.3) is 0 Å². The third-order valence-electron chi connectivity index (χ3n) is 7.68. The Morgan fingerprint density at radius 2 is 1.80 bits per heavy atom. The van der Waals surface area contributed by atoms with Crippen molar-refractivity contribution in [2.24, 2.45) is 17.3 Å². The molecule has 30 heavy (non-hydrogen) atoms. The van der Waals surface area contributed by atoms with Gasteiger partial charge in [-0.1, -0.05) is 33.6 Å². The summed E-state index contributed by atoms with van der Waals surface area (Å²) in [6.07, 6.45) is 6.59. The van der Waals surface area contributed by atoms with Gasteiger partial charge < -0.3 is 15.1 Å². The molecule has 6 rings (SSSR count). The summed E-state index contributed by atoms with van der Waals surface area (Å²) in [4.78, 5) is 30.0. The lowest BCUT2D eigenvalue weighted by atomic mass is 9.49. The van der Waals surface area contributed by atoms with Crippen LogP contribution in [0, 0.1) is 17.3 Å². The number of halogens is 2. The minimum atomic E-state index is -0.265. The number of nitrogens with zero attached hydrogens (tertiary/aromatic N) is 2. The summed E-state index contributed by atoms with van der Waals surface area (Å²) in [6.45, 7) is 3.00. The quantitative estimate of drug-likeness (QED) is 0.647. The smallest absolute Gasteiger partial charge is 0.242 e. The van der Waals surface area contributed by atoms with E-state index in [0.29, 0.717) is 24.9 Å². The van der Waals surface area contributed by atoms with Gasteiger partial charge in [0.1, 0.15) is 0 Å². The average Bonchev–Trinajstić information content (AvgIpc) is 2.70. The molecule has 1 aromatic rings. The van der Waals surface area contributed by atoms with E-state index in [4.69, 9.17) is 11.6 Å². The Kier molecular flexibility index (Phi) is 5.29. The highest BCUT2D eigenvalue weighted by Gasteiger charge is 2.59. The highest BCUT2D eigenvalue weighted by atomic mass is 79.9. The van der Waals surface area contributed by atoms with E-state index < -0.39 is 0 Å². The number of anilines is 1. The van der Waals surface area contributed by atoms with Crippen LogP contribution in [0.3, 0.4) is 0 Å². The third-order valence-corrected chi connectivity index (χ3v) is 8.84. The van der Waals surface area contributed by atoms with Crippen molar-refractivity contribution in [1.29, 1.82) is 0 Å². The zero-order chi connectivity index (χ0) is 20.9. The lowest BCUT2D eigenvalue weighted by molar-refractivity contribution is -0.146. The lowest BCUT2D eigenvalue weighted by Crippen LogP contribution is -2.59. The largest absolute Gasteiger partial charge is 0.368 e. The summed E-state index contributed by atoms with van der Waals surface area (Å²) >= 11 is 10.1. The van der Waals surface area contributed by atoms with Crippen LogP contribution in [0.1, 0.15) is 38.5 Å². The minimum absolute atomic E-state index is 0.0207. The number of rotatable bonds is 4. The highest BCUT2D eigenvalue weighted by Crippen LogP contribution is 2.64. The van der Waals surface area contributed by atoms with Gasteiger partial charge in [-0.05, 0) is 68.6 Å². The van der Waals surface area contributed by atoms with Gasteiger partial charge in [0.05, 0.1) is 12.0 Å². The van der Waals surface area contributed by atoms with Gasteiger partial charge in [-0.15, -0.1) is 0 Å². The van der Waals surface area contributed by atoms with Gasteiger partial charge in [-0.3, -0.25) is 9.59 Å². The molecule has 4 bridgehead atoms. The fourth-order valence-electron chi connectivity index (χ4n) is 6.76. The van der Waals surface area contributed by atoms with E-state index >= 15 is 0 Å². The number of benzene rings is 1. The van der Waals surface area contributed by atoms with E-state index in [0.717, 1.165) is 43.1 Å². The molecule has 5 fully saturated rings. The van der Waals surface area contributed by atoms with Crippen LogP contribution in [0.15, 0.2) is 24.3 Å². The van der Waals surface area contributed by atoms with Gasteiger partial charge >= 0.3 is 0 Å². The van der Waals surface area contributed by atoms with Gasteiger partial charge in [-0.25, -0.2) is 0 Å². The van der Waals surface area contributed by atoms with Crippen molar-refractivity contribution < 1.29 is 9.59 Å². The standard InChI is InChI=1S/C23H29BrClN3O2/c24-23-12-16-8-17(13-23)11-22(10-16,15-23)21(30)26-14-20(29)28-6-4-27(5-7-28)19-3-1-2-18(25)9-19/h1-3,9,16-17H,4-8,10-15H2,(H,26,30). The first kappa shape index (κ1) is 20.6. The zero-order valence-corrected chi connectivity index (χ0v) is 19.6. The number of nitrogens with one attached hydrogen (secondary N) is 1. The highest BCUT2D eigenvalue weighted by molar-refractivity contribution is 9.10. The number of carbonyl (C=O) groups excluding carboxylic acids is 2. The van der Waals surface area contributed by atoms with Crippen molar-refractivity contribution in [1.82, 2.24) is 10.2 Å². The molecule has 2 amide bonds. The molecule has 1 heterocycles. The maximum absolute atomic E-state index is 13.2. The van der Waals surface area contributed by atoms with E-state index in [1.165, 1.54) is 19.3 Å². The fourth-order valence-corrected chi connectivity index (χ4v) is 8.40. The monoisotopic (exact) mass is 493 g/mol. The molecule has 2 atom stereocenters. The topological polar surface area (TPSA) is 52.7 Å². The van der Waals surface area contributed by atoms with Crippen LogP contribution in [-0.4, -0.2) is 53.8 Å². The first-order chi connectivity index (χ1) is 14.3. The van der Waals surface area contributed by atoms with Crippen LogP contribution in [0.4, 0.5) is 5.69 Å². The van der Waals surface area contributed by atoms with Crippen LogP contribution < -0.4 is 10.2 Å². The fraction of sp³-hybridized carbons (Fsp3) is 0.652. The van der Waals surface area contributed by atoms with E-state index in [2.05, 4.69) is 26.1 Å². The molecule has 0 spiro atoms. The summed E-state index contributed by atoms with van der Waals surface area (Å²) < 4.78 is 0.148. The maximum Gasteiger partial charge on any atom is 0.242 e. The Morgan fingerprint density at radius 3 is 2.43 bits per heavy atom. The van der Waals surface area contributed by atoms with E-state index in [1.54, 1.807) is 0 Å². The molecule has 1 N–H and O–H groups in total. The number of hydrogen-bond acceptors (Lipinski definition) is 3. The number of hydrogen-bond donors (Lipinski definition) is 1. The van der Waals surface area contributed by atoms with Crippen molar-refractivity contribution in [3.63, 3.8) is 0 Å². The van der Waals surface area contributed by atoms with Crippen LogP contribution >= 0.6 is 27.5 Å². The molecule has 0 aromatic heterocycles. The SMILES string of the molecule is O=C(CNC(=O)C12CC3CC(CC(Br)(C3)C1)C2)N1CCN(c2cccc(Cl)c2)CC1. The number of piperazine rings is 1. The van der Waals surface area contributed by atoms with E-state index in [1.807, 2.05) is 29.2 Å². The Balaban J connectivity index is 1.14. The molecule has 7 heteroatoms. The van der Waals surface area contributed by atoms with Crippen molar-refractivity contribution in [3.05, 3.63) is 29.3 Å². The molecule has 5 nitrogen and oxygen atoms in total. The molecule has 1 aromatic carbocycles. The molecule has 5 aliphatic rings. The Morgan fingerprint density at radius 1 is 1.10 bits per heavy atom. The predicted octanol–water partition coefficient (Wildman–Crippen LogP) is 3.84. The molecule has 0 radical (unpaired) electrons. The summed E-state index contributed by atoms with van der Waals surface area (Å²) in [5, 5.41) is 3.75. The molecule has 2 unspecified atom stereocenters. The third kappa shape index (κ3) is 3.86. The number of carbonyl (C=O) groups is 2. The summed E-state index contributed by atoms with van der Waals surface area (Å²) in [6, 6.07) is 7.83. The summed E-state index contributed by atoms with van der Waals surface area (Å²) in [5.41, 5.74) is 0.826. The van der Waals surface area contributed by atoms with Gasteiger partial charge in [0.15, 0.2) is 0 Å². The molecular weight excluding hydrogens is 466 g/mol. The van der Waals surface area contributed by atoms with Crippen LogP contribution in [0.5, 0.6) is 0 Å². The average molecular weight is 495 g/mol. The first-order valence-electron chi connectivity index (χ1n) is 11.1. The Bertz CT molecular complexity index is 841.